The molecule has 8 nitrogen and oxygen atoms in total. The number of hydrogen-bond donors (Lipinski definition) is 0. The van der Waals surface area contributed by atoms with Gasteiger partial charge in [-0.3, -0.25) is 9.10 Å². The molecule has 0 saturated carbocycles. The second-order valence-electron chi connectivity index (χ2n) is 14.8. The Kier molecular flexibility index (Phi) is 11.1. The number of sulfonamides is 1. The highest BCUT2D eigenvalue weighted by molar-refractivity contribution is 7.93. The highest BCUT2D eigenvalue weighted by Crippen LogP contribution is 2.46. The summed E-state index contributed by atoms with van der Waals surface area (Å²) in [6, 6.07) is 20.5. The maximum absolute atomic E-state index is 14.9. The third-order valence-corrected chi connectivity index (χ3v) is 10.6. The molecular formula is C40H48F2N2O6S. The van der Waals surface area contributed by atoms with Crippen molar-refractivity contribution in [1.29, 1.82) is 0 Å². The highest BCUT2D eigenvalue weighted by atomic mass is 32.2. The van der Waals surface area contributed by atoms with Gasteiger partial charge in [0.15, 0.2) is 5.79 Å². The van der Waals surface area contributed by atoms with E-state index in [0.717, 1.165) is 0 Å². The lowest BCUT2D eigenvalue weighted by atomic mass is 10.00. The van der Waals surface area contributed by atoms with Crippen LogP contribution >= 0.6 is 0 Å². The van der Waals surface area contributed by atoms with E-state index in [4.69, 9.17) is 14.2 Å². The summed E-state index contributed by atoms with van der Waals surface area (Å²) in [4.78, 5) is 12.8. The first-order chi connectivity index (χ1) is 23.9. The Labute approximate surface area is 300 Å². The van der Waals surface area contributed by atoms with E-state index in [1.54, 1.807) is 62.4 Å². The van der Waals surface area contributed by atoms with E-state index in [-0.39, 0.29) is 29.3 Å². The van der Waals surface area contributed by atoms with Gasteiger partial charge in [0.05, 0.1) is 30.0 Å². The van der Waals surface area contributed by atoms with E-state index < -0.39 is 39.1 Å². The minimum Gasteiger partial charge on any atom is -0.460 e. The standard InChI is InChI=1S/C40H48F2N2O6S/c1-26(2)36-38(51(46,47)43(8)31-12-10-9-11-13-31)35(27-14-18-29(41)19-15-27)37(28-16-20-30(42)21-17-28)44(36)23-22-32-24-33(49-40(6,7)48-32)25-34(45)50-39(3,4)5/h9-21,26,32-33H,22-25H2,1-8H3/t32-,33-/m1/s1. The third kappa shape index (κ3) is 8.88. The molecule has 274 valence electrons. The predicted molar refractivity (Wildman–Crippen MR) is 195 cm³/mol. The number of para-hydroxylation sites is 1. The number of ether oxygens (including phenoxy) is 3. The molecule has 0 N–H and O–H groups in total. The number of anilines is 1. The van der Waals surface area contributed by atoms with Crippen LogP contribution in [0.4, 0.5) is 14.5 Å². The molecule has 1 saturated heterocycles. The number of esters is 1. The SMILES string of the molecule is CC(C)c1c(S(=O)(=O)N(C)c2ccccc2)c(-c2ccc(F)cc2)c(-c2ccc(F)cc2)n1CC[C@@H]1C[C@H](CC(=O)OC(C)(C)C)OC(C)(C)O1. The van der Waals surface area contributed by atoms with Crippen molar-refractivity contribution in [3.8, 4) is 22.4 Å². The van der Waals surface area contributed by atoms with E-state index >= 15 is 0 Å². The van der Waals surface area contributed by atoms with Crippen LogP contribution in [0.3, 0.4) is 0 Å². The van der Waals surface area contributed by atoms with Gasteiger partial charge >= 0.3 is 5.97 Å². The Bertz CT molecular complexity index is 1930. The highest BCUT2D eigenvalue weighted by Gasteiger charge is 2.39. The van der Waals surface area contributed by atoms with Gasteiger partial charge < -0.3 is 18.8 Å². The molecule has 0 unspecified atom stereocenters. The van der Waals surface area contributed by atoms with Crippen LogP contribution in [0.1, 0.15) is 79.3 Å². The second-order valence-corrected chi connectivity index (χ2v) is 16.7. The molecule has 0 spiro atoms. The molecule has 51 heavy (non-hydrogen) atoms. The van der Waals surface area contributed by atoms with Crippen molar-refractivity contribution in [2.45, 2.75) is 109 Å². The van der Waals surface area contributed by atoms with E-state index in [1.165, 1.54) is 35.6 Å². The van der Waals surface area contributed by atoms with Gasteiger partial charge in [-0.2, -0.15) is 0 Å². The fourth-order valence-electron chi connectivity index (χ4n) is 6.75. The fourth-order valence-corrected chi connectivity index (χ4v) is 8.51. The van der Waals surface area contributed by atoms with Crippen molar-refractivity contribution >= 4 is 21.7 Å². The van der Waals surface area contributed by atoms with Crippen molar-refractivity contribution in [2.24, 2.45) is 0 Å². The molecule has 2 heterocycles. The van der Waals surface area contributed by atoms with Crippen LogP contribution in [-0.2, 0) is 35.6 Å². The van der Waals surface area contributed by atoms with Crippen molar-refractivity contribution in [3.63, 3.8) is 0 Å². The van der Waals surface area contributed by atoms with E-state index in [1.807, 2.05) is 45.3 Å². The third-order valence-electron chi connectivity index (χ3n) is 8.71. The monoisotopic (exact) mass is 722 g/mol. The Morgan fingerprint density at radius 1 is 0.922 bits per heavy atom. The molecule has 0 bridgehead atoms. The molecule has 0 amide bonds. The summed E-state index contributed by atoms with van der Waals surface area (Å²) in [5.74, 6) is -2.54. The van der Waals surface area contributed by atoms with Crippen molar-refractivity contribution in [3.05, 3.63) is 96.2 Å². The predicted octanol–water partition coefficient (Wildman–Crippen LogP) is 9.08. The molecule has 11 heteroatoms. The van der Waals surface area contributed by atoms with Crippen LogP contribution in [0.15, 0.2) is 83.8 Å². The Hall–Kier alpha value is -4.06. The van der Waals surface area contributed by atoms with Crippen LogP contribution in [0.5, 0.6) is 0 Å². The molecule has 3 aromatic carbocycles. The van der Waals surface area contributed by atoms with Gasteiger partial charge in [0.25, 0.3) is 10.0 Å². The summed E-state index contributed by atoms with van der Waals surface area (Å²) in [5, 5.41) is 0. The molecular weight excluding hydrogens is 675 g/mol. The van der Waals surface area contributed by atoms with Gasteiger partial charge in [0.2, 0.25) is 0 Å². The van der Waals surface area contributed by atoms with Gasteiger partial charge in [0, 0.05) is 31.3 Å². The molecule has 4 aromatic rings. The first kappa shape index (κ1) is 38.2. The summed E-state index contributed by atoms with van der Waals surface area (Å²) in [6.07, 6.45) is 0.109. The number of halogens is 2. The summed E-state index contributed by atoms with van der Waals surface area (Å²) < 4.78 is 79.7. The van der Waals surface area contributed by atoms with Crippen molar-refractivity contribution < 1.29 is 36.2 Å². The molecule has 1 aromatic heterocycles. The average molecular weight is 723 g/mol. The molecule has 1 aliphatic heterocycles. The first-order valence-corrected chi connectivity index (χ1v) is 18.7. The first-order valence-electron chi connectivity index (χ1n) is 17.3. The largest absolute Gasteiger partial charge is 0.460 e. The smallest absolute Gasteiger partial charge is 0.308 e. The Morgan fingerprint density at radius 3 is 2.02 bits per heavy atom. The number of benzene rings is 3. The van der Waals surface area contributed by atoms with Gasteiger partial charge in [-0.05, 0) is 107 Å². The van der Waals surface area contributed by atoms with Gasteiger partial charge in [-0.15, -0.1) is 0 Å². The summed E-state index contributed by atoms with van der Waals surface area (Å²) >= 11 is 0. The number of aromatic nitrogens is 1. The van der Waals surface area contributed by atoms with Crippen LogP contribution < -0.4 is 4.31 Å². The van der Waals surface area contributed by atoms with Crippen LogP contribution in [0.2, 0.25) is 0 Å². The average Bonchev–Trinajstić information content (AvgIpc) is 3.39. The summed E-state index contributed by atoms with van der Waals surface area (Å²) in [6.45, 7) is 13.2. The van der Waals surface area contributed by atoms with Gasteiger partial charge in [-0.25, -0.2) is 17.2 Å². The maximum Gasteiger partial charge on any atom is 0.308 e. The Balaban J connectivity index is 1.67. The van der Waals surface area contributed by atoms with E-state index in [9.17, 15) is 22.0 Å². The van der Waals surface area contributed by atoms with Crippen LogP contribution in [0.25, 0.3) is 22.4 Å². The van der Waals surface area contributed by atoms with Gasteiger partial charge in [0.1, 0.15) is 22.1 Å². The zero-order valence-corrected chi connectivity index (χ0v) is 31.4. The lowest BCUT2D eigenvalue weighted by molar-refractivity contribution is -0.301. The number of rotatable bonds is 11. The minimum absolute atomic E-state index is 0.0606. The zero-order chi connectivity index (χ0) is 37.3. The molecule has 0 radical (unpaired) electrons. The fraction of sp³-hybridized carbons (Fsp3) is 0.425. The summed E-state index contributed by atoms with van der Waals surface area (Å²) in [5.41, 5.74) is 2.43. The normalized spacial score (nSPS) is 17.8. The number of nitrogens with zero attached hydrogens (tertiary/aromatic N) is 2. The Morgan fingerprint density at radius 2 is 1.47 bits per heavy atom. The van der Waals surface area contributed by atoms with Gasteiger partial charge in [-0.1, -0.05) is 44.2 Å². The zero-order valence-electron chi connectivity index (χ0n) is 30.6. The number of hydrogen-bond acceptors (Lipinski definition) is 6. The molecule has 1 aliphatic rings. The van der Waals surface area contributed by atoms with E-state index in [2.05, 4.69) is 0 Å². The number of carbonyl (C=O) groups is 1. The van der Waals surface area contributed by atoms with Crippen LogP contribution in [0, 0.1) is 11.6 Å². The molecule has 5 rings (SSSR count). The molecule has 2 atom stereocenters. The molecule has 0 aliphatic carbocycles. The summed E-state index contributed by atoms with van der Waals surface area (Å²) in [7, 11) is -2.72. The van der Waals surface area contributed by atoms with Crippen LogP contribution in [-0.4, -0.2) is 49.6 Å². The maximum atomic E-state index is 14.9. The van der Waals surface area contributed by atoms with E-state index in [0.29, 0.717) is 53.2 Å². The van der Waals surface area contributed by atoms with Crippen molar-refractivity contribution in [1.82, 2.24) is 4.57 Å². The van der Waals surface area contributed by atoms with Crippen molar-refractivity contribution in [2.75, 3.05) is 11.4 Å². The molecule has 1 fully saturated rings. The quantitative estimate of drug-likeness (QED) is 0.144. The minimum atomic E-state index is -4.23. The topological polar surface area (TPSA) is 87.1 Å². The number of carbonyl (C=O) groups excluding carboxylic acids is 1. The lowest BCUT2D eigenvalue weighted by Crippen LogP contribution is -2.46. The second kappa shape index (κ2) is 14.9. The lowest BCUT2D eigenvalue weighted by Gasteiger charge is -2.41.